The molecule has 3 N–H and O–H groups in total. The van der Waals surface area contributed by atoms with Crippen LogP contribution in [0, 0.1) is 0 Å². The first kappa shape index (κ1) is 23.1. The van der Waals surface area contributed by atoms with E-state index in [9.17, 15) is 9.90 Å². The van der Waals surface area contributed by atoms with Gasteiger partial charge in [-0.2, -0.15) is 12.6 Å². The number of thiol groups is 1. The number of unbranched alkanes of at least 4 members (excludes halogenated alkanes) is 8. The molecule has 0 amide bonds. The molecule has 138 valence electrons. The molecular weight excluding hydrogens is 339 g/mol. The molecule has 0 aromatic rings. The van der Waals surface area contributed by atoms with E-state index in [1.807, 2.05) is 0 Å². The van der Waals surface area contributed by atoms with Gasteiger partial charge in [-0.05, 0) is 18.6 Å². The van der Waals surface area contributed by atoms with E-state index in [2.05, 4.69) is 17.2 Å². The van der Waals surface area contributed by atoms with Gasteiger partial charge in [0.25, 0.3) is 0 Å². The summed E-state index contributed by atoms with van der Waals surface area (Å²) in [5.74, 6) is 0.635. The highest BCUT2D eigenvalue weighted by Crippen LogP contribution is 2.24. The zero-order chi connectivity index (χ0) is 17.3. The summed E-state index contributed by atoms with van der Waals surface area (Å²) in [7, 11) is -2.48. The van der Waals surface area contributed by atoms with E-state index in [-0.39, 0.29) is 19.2 Å². The van der Waals surface area contributed by atoms with Gasteiger partial charge in [-0.3, -0.25) is 4.79 Å². The molecule has 0 aromatic carbocycles. The molecule has 0 saturated heterocycles. The van der Waals surface area contributed by atoms with Crippen molar-refractivity contribution in [3.8, 4) is 0 Å². The molecule has 0 rings (SSSR count). The largest absolute Gasteiger partial charge is 0.463 e. The molecule has 0 radical (unpaired) electrons. The summed E-state index contributed by atoms with van der Waals surface area (Å²) in [4.78, 5) is 28.5. The minimum absolute atomic E-state index is 0.186. The minimum Gasteiger partial charge on any atom is -0.463 e. The Kier molecular flexibility index (Phi) is 17.0. The van der Waals surface area contributed by atoms with Crippen LogP contribution in [0.5, 0.6) is 0 Å². The Bertz CT molecular complexity index is 281. The molecule has 0 unspecified atom stereocenters. The van der Waals surface area contributed by atoms with Crippen LogP contribution in [0.15, 0.2) is 0 Å². The van der Waals surface area contributed by atoms with E-state index in [1.54, 1.807) is 0 Å². The normalized spacial score (nSPS) is 12.6. The Morgan fingerprint density at radius 3 is 1.96 bits per heavy atom. The van der Waals surface area contributed by atoms with Crippen molar-refractivity contribution >= 4 is 27.2 Å². The molecule has 0 aromatic heterocycles. The second kappa shape index (κ2) is 16.9. The second-order valence-corrected chi connectivity index (χ2v) is 6.75. The van der Waals surface area contributed by atoms with Gasteiger partial charge in [-0.25, -0.2) is 0 Å². The molecule has 0 aliphatic heterocycles. The second-order valence-electron chi connectivity index (χ2n) is 5.54. The van der Waals surface area contributed by atoms with E-state index in [0.717, 1.165) is 25.0 Å². The first-order valence-electron chi connectivity index (χ1n) is 8.31. The van der Waals surface area contributed by atoms with Gasteiger partial charge in [0.2, 0.25) is 0 Å². The molecule has 0 heterocycles. The molecule has 0 aliphatic carbocycles. The first-order chi connectivity index (χ1) is 11.1. The number of ether oxygens (including phenoxy) is 1. The van der Waals surface area contributed by atoms with Crippen LogP contribution in [-0.4, -0.2) is 45.9 Å². The highest BCUT2D eigenvalue weighted by molar-refractivity contribution is 7.80. The highest BCUT2D eigenvalue weighted by Gasteiger charge is 2.11. The standard InChI is InChI=1S/C15H31O6PS/c16-14(13-21-22(18)19)12-20-15(17)10-8-6-4-2-1-3-5-7-9-11-23/h14,16,18-19,23H,1-13H2/t14-/m1/s1. The molecule has 0 fully saturated rings. The molecule has 8 heteroatoms. The van der Waals surface area contributed by atoms with Crippen molar-refractivity contribution in [1.29, 1.82) is 0 Å². The van der Waals surface area contributed by atoms with E-state index < -0.39 is 14.7 Å². The van der Waals surface area contributed by atoms with E-state index in [0.29, 0.717) is 6.42 Å². The van der Waals surface area contributed by atoms with Crippen molar-refractivity contribution in [2.45, 2.75) is 70.3 Å². The fraction of sp³-hybridized carbons (Fsp3) is 0.933. The summed E-state index contributed by atoms with van der Waals surface area (Å²) in [5.41, 5.74) is 0. The number of rotatable bonds is 16. The molecule has 1 atom stereocenters. The average molecular weight is 370 g/mol. The Morgan fingerprint density at radius 2 is 1.43 bits per heavy atom. The number of aliphatic hydroxyl groups is 1. The predicted molar refractivity (Wildman–Crippen MR) is 94.3 cm³/mol. The van der Waals surface area contributed by atoms with Gasteiger partial charge in [0, 0.05) is 6.42 Å². The Hall–Kier alpha value is 0.0900. The Balaban J connectivity index is 3.30. The van der Waals surface area contributed by atoms with E-state index >= 15 is 0 Å². The van der Waals surface area contributed by atoms with Crippen LogP contribution in [-0.2, 0) is 14.1 Å². The van der Waals surface area contributed by atoms with Gasteiger partial charge in [0.05, 0.1) is 6.61 Å². The number of aliphatic hydroxyl groups excluding tert-OH is 1. The number of carbonyl (C=O) groups excluding carboxylic acids is 1. The molecule has 23 heavy (non-hydrogen) atoms. The number of esters is 1. The third-order valence-corrected chi connectivity index (χ3v) is 4.05. The van der Waals surface area contributed by atoms with Gasteiger partial charge in [-0.1, -0.05) is 44.9 Å². The first-order valence-corrected chi connectivity index (χ1v) is 10.1. The third kappa shape index (κ3) is 18.3. The van der Waals surface area contributed by atoms with Crippen LogP contribution in [0.25, 0.3) is 0 Å². The number of hydrogen-bond donors (Lipinski definition) is 4. The van der Waals surface area contributed by atoms with Crippen molar-refractivity contribution in [2.24, 2.45) is 0 Å². The van der Waals surface area contributed by atoms with Gasteiger partial charge < -0.3 is 24.2 Å². The summed E-state index contributed by atoms with van der Waals surface area (Å²) in [5, 5.41) is 9.37. The van der Waals surface area contributed by atoms with Crippen molar-refractivity contribution in [3.63, 3.8) is 0 Å². The van der Waals surface area contributed by atoms with Crippen LogP contribution >= 0.6 is 21.2 Å². The molecule has 0 bridgehead atoms. The van der Waals surface area contributed by atoms with Crippen molar-refractivity contribution in [1.82, 2.24) is 0 Å². The predicted octanol–water partition coefficient (Wildman–Crippen LogP) is 2.95. The number of carbonyl (C=O) groups is 1. The van der Waals surface area contributed by atoms with Crippen LogP contribution in [0.1, 0.15) is 64.2 Å². The fourth-order valence-electron chi connectivity index (χ4n) is 2.08. The zero-order valence-corrected chi connectivity index (χ0v) is 15.5. The Labute approximate surface area is 146 Å². The summed E-state index contributed by atoms with van der Waals surface area (Å²) in [6, 6.07) is 0. The lowest BCUT2D eigenvalue weighted by Gasteiger charge is -2.11. The molecule has 0 spiro atoms. The van der Waals surface area contributed by atoms with Crippen LogP contribution < -0.4 is 0 Å². The van der Waals surface area contributed by atoms with Crippen LogP contribution in [0.3, 0.4) is 0 Å². The topological polar surface area (TPSA) is 96.2 Å². The summed E-state index contributed by atoms with van der Waals surface area (Å²) in [6.07, 6.45) is 9.74. The van der Waals surface area contributed by atoms with Crippen LogP contribution in [0.4, 0.5) is 0 Å². The number of hydrogen-bond acceptors (Lipinski definition) is 7. The van der Waals surface area contributed by atoms with Gasteiger partial charge in [0.1, 0.15) is 12.7 Å². The average Bonchev–Trinajstić information content (AvgIpc) is 2.52. The summed E-state index contributed by atoms with van der Waals surface area (Å²) >= 11 is 4.19. The van der Waals surface area contributed by atoms with Crippen molar-refractivity contribution in [3.05, 3.63) is 0 Å². The third-order valence-electron chi connectivity index (χ3n) is 3.36. The summed E-state index contributed by atoms with van der Waals surface area (Å²) in [6.45, 7) is -0.450. The van der Waals surface area contributed by atoms with Gasteiger partial charge in [-0.15, -0.1) is 0 Å². The summed E-state index contributed by atoms with van der Waals surface area (Å²) < 4.78 is 9.32. The smallest absolute Gasteiger partial charge is 0.327 e. The fourth-order valence-corrected chi connectivity index (χ4v) is 2.61. The Morgan fingerprint density at radius 1 is 0.913 bits per heavy atom. The van der Waals surface area contributed by atoms with Crippen molar-refractivity contribution in [2.75, 3.05) is 19.0 Å². The zero-order valence-electron chi connectivity index (χ0n) is 13.7. The lowest BCUT2D eigenvalue weighted by molar-refractivity contribution is -0.147. The molecular formula is C15H31O6PS. The maximum Gasteiger partial charge on any atom is 0.327 e. The molecule has 0 aliphatic rings. The quantitative estimate of drug-likeness (QED) is 0.144. The van der Waals surface area contributed by atoms with E-state index in [1.165, 1.54) is 38.5 Å². The van der Waals surface area contributed by atoms with E-state index in [4.69, 9.17) is 14.5 Å². The monoisotopic (exact) mass is 370 g/mol. The van der Waals surface area contributed by atoms with Crippen LogP contribution in [0.2, 0.25) is 0 Å². The maximum absolute atomic E-state index is 11.4. The van der Waals surface area contributed by atoms with Gasteiger partial charge >= 0.3 is 14.6 Å². The SMILES string of the molecule is O=C(CCCCCCCCCCCS)OC[C@@H](O)COP(O)O. The molecule has 0 saturated carbocycles. The van der Waals surface area contributed by atoms with Gasteiger partial charge in [0.15, 0.2) is 0 Å². The maximum atomic E-state index is 11.4. The minimum atomic E-state index is -2.48. The van der Waals surface area contributed by atoms with Crippen molar-refractivity contribution < 1.29 is 28.9 Å². The molecule has 6 nitrogen and oxygen atoms in total. The lowest BCUT2D eigenvalue weighted by Crippen LogP contribution is -2.22. The lowest BCUT2D eigenvalue weighted by atomic mass is 10.1. The highest BCUT2D eigenvalue weighted by atomic mass is 32.1.